The Hall–Kier alpha value is -4.71. The van der Waals surface area contributed by atoms with E-state index in [4.69, 9.17) is 11.6 Å². The van der Waals surface area contributed by atoms with Gasteiger partial charge in [0.1, 0.15) is 17.3 Å². The number of nitro groups is 2. The van der Waals surface area contributed by atoms with Crippen LogP contribution < -0.4 is 10.6 Å². The molecular weight excluding hydrogens is 490 g/mol. The standard InChI is InChI=1S/C22H13ClF2N4O6/c23-17-6-5-15(29(34)35)11-16(17)21(30)27-20(9-12-2-1-3-14(8-12)28(32)33)22(31)26-19-7-4-13(24)10-18(19)25/h1-11H,(H,26,31)(H,27,30)/b20-9-. The predicted molar refractivity (Wildman–Crippen MR) is 122 cm³/mol. The van der Waals surface area contributed by atoms with E-state index in [0.717, 1.165) is 42.5 Å². The molecule has 0 aliphatic carbocycles. The lowest BCUT2D eigenvalue weighted by molar-refractivity contribution is -0.385. The fourth-order valence-electron chi connectivity index (χ4n) is 2.82. The summed E-state index contributed by atoms with van der Waals surface area (Å²) in [6, 6.07) is 10.5. The highest BCUT2D eigenvalue weighted by Gasteiger charge is 2.21. The summed E-state index contributed by atoms with van der Waals surface area (Å²) in [7, 11) is 0. The van der Waals surface area contributed by atoms with Gasteiger partial charge in [-0.1, -0.05) is 23.7 Å². The second-order valence-electron chi connectivity index (χ2n) is 6.86. The van der Waals surface area contributed by atoms with Gasteiger partial charge in [-0.15, -0.1) is 0 Å². The molecule has 0 saturated heterocycles. The Morgan fingerprint density at radius 1 is 0.914 bits per heavy atom. The van der Waals surface area contributed by atoms with Crippen molar-refractivity contribution in [3.05, 3.63) is 114 Å². The third-order valence-electron chi connectivity index (χ3n) is 4.47. The lowest BCUT2D eigenvalue weighted by atomic mass is 10.1. The number of amides is 2. The Morgan fingerprint density at radius 2 is 1.60 bits per heavy atom. The highest BCUT2D eigenvalue weighted by atomic mass is 35.5. The molecule has 0 bridgehead atoms. The highest BCUT2D eigenvalue weighted by Crippen LogP contribution is 2.23. The molecule has 0 atom stereocenters. The van der Waals surface area contributed by atoms with Gasteiger partial charge in [-0.3, -0.25) is 29.8 Å². The van der Waals surface area contributed by atoms with Gasteiger partial charge in [0.05, 0.1) is 26.1 Å². The van der Waals surface area contributed by atoms with Crippen LogP contribution in [0.4, 0.5) is 25.8 Å². The predicted octanol–water partition coefficient (Wildman–Crippen LogP) is 4.84. The van der Waals surface area contributed by atoms with E-state index in [9.17, 15) is 38.6 Å². The van der Waals surface area contributed by atoms with Crippen LogP contribution in [-0.4, -0.2) is 21.7 Å². The lowest BCUT2D eigenvalue weighted by Gasteiger charge is -2.12. The number of nitro benzene ring substituents is 2. The Morgan fingerprint density at radius 3 is 2.26 bits per heavy atom. The van der Waals surface area contributed by atoms with Crippen LogP contribution >= 0.6 is 11.6 Å². The van der Waals surface area contributed by atoms with Gasteiger partial charge in [-0.25, -0.2) is 8.78 Å². The summed E-state index contributed by atoms with van der Waals surface area (Å²) < 4.78 is 27.2. The van der Waals surface area contributed by atoms with Gasteiger partial charge < -0.3 is 10.6 Å². The van der Waals surface area contributed by atoms with E-state index < -0.39 is 50.4 Å². The van der Waals surface area contributed by atoms with Crippen LogP contribution in [0.1, 0.15) is 15.9 Å². The van der Waals surface area contributed by atoms with Crippen molar-refractivity contribution in [2.45, 2.75) is 0 Å². The molecule has 178 valence electrons. The highest BCUT2D eigenvalue weighted by molar-refractivity contribution is 6.34. The average molecular weight is 503 g/mol. The van der Waals surface area contributed by atoms with Gasteiger partial charge in [0.25, 0.3) is 23.2 Å². The molecule has 0 aliphatic heterocycles. The van der Waals surface area contributed by atoms with Gasteiger partial charge in [-0.05, 0) is 29.8 Å². The third-order valence-corrected chi connectivity index (χ3v) is 4.80. The van der Waals surface area contributed by atoms with Crippen molar-refractivity contribution in [3.8, 4) is 0 Å². The third kappa shape index (κ3) is 6.21. The quantitative estimate of drug-likeness (QED) is 0.268. The number of carbonyl (C=O) groups excluding carboxylic acids is 2. The second-order valence-corrected chi connectivity index (χ2v) is 7.27. The first-order chi connectivity index (χ1) is 16.5. The molecule has 10 nitrogen and oxygen atoms in total. The largest absolute Gasteiger partial charge is 0.318 e. The van der Waals surface area contributed by atoms with E-state index in [-0.39, 0.29) is 21.8 Å². The molecule has 0 aliphatic rings. The molecule has 13 heteroatoms. The van der Waals surface area contributed by atoms with Gasteiger partial charge in [0, 0.05) is 30.3 Å². The van der Waals surface area contributed by atoms with Crippen molar-refractivity contribution in [1.82, 2.24) is 5.32 Å². The molecule has 2 N–H and O–H groups in total. The van der Waals surface area contributed by atoms with Crippen LogP contribution in [0.15, 0.2) is 66.4 Å². The molecule has 2 amide bonds. The Balaban J connectivity index is 2.01. The number of anilines is 1. The van der Waals surface area contributed by atoms with Crippen LogP contribution in [0.25, 0.3) is 6.08 Å². The summed E-state index contributed by atoms with van der Waals surface area (Å²) >= 11 is 5.98. The molecule has 0 aromatic heterocycles. The van der Waals surface area contributed by atoms with Gasteiger partial charge >= 0.3 is 0 Å². The summed E-state index contributed by atoms with van der Waals surface area (Å²) in [6.45, 7) is 0. The smallest absolute Gasteiger partial charge is 0.272 e. The van der Waals surface area contributed by atoms with E-state index in [2.05, 4.69) is 10.6 Å². The van der Waals surface area contributed by atoms with Crippen LogP contribution in [0, 0.1) is 31.9 Å². The fraction of sp³-hybridized carbons (Fsp3) is 0. The van der Waals surface area contributed by atoms with Crippen LogP contribution in [0.5, 0.6) is 0 Å². The Labute approximate surface area is 200 Å². The molecule has 35 heavy (non-hydrogen) atoms. The SMILES string of the molecule is O=C(Nc1ccc(F)cc1F)/C(=C/c1cccc([N+](=O)[O-])c1)NC(=O)c1cc([N+](=O)[O-])ccc1Cl. The molecular formula is C22H13ClF2N4O6. The van der Waals surface area contributed by atoms with E-state index in [1.807, 2.05) is 0 Å². The number of rotatable bonds is 7. The minimum Gasteiger partial charge on any atom is -0.318 e. The monoisotopic (exact) mass is 502 g/mol. The van der Waals surface area contributed by atoms with Crippen molar-refractivity contribution in [3.63, 3.8) is 0 Å². The van der Waals surface area contributed by atoms with Crippen molar-refractivity contribution in [1.29, 1.82) is 0 Å². The molecule has 3 rings (SSSR count). The van der Waals surface area contributed by atoms with E-state index in [1.54, 1.807) is 0 Å². The second kappa shape index (κ2) is 10.5. The molecule has 0 radical (unpaired) electrons. The van der Waals surface area contributed by atoms with Crippen LogP contribution in [-0.2, 0) is 4.79 Å². The Bertz CT molecular complexity index is 1400. The zero-order valence-electron chi connectivity index (χ0n) is 17.3. The maximum Gasteiger partial charge on any atom is 0.272 e. The molecule has 0 heterocycles. The maximum atomic E-state index is 14.0. The Kier molecular flexibility index (Phi) is 7.46. The van der Waals surface area contributed by atoms with Gasteiger partial charge in [-0.2, -0.15) is 0 Å². The van der Waals surface area contributed by atoms with E-state index in [1.165, 1.54) is 18.2 Å². The minimum absolute atomic E-state index is 0.120. The topological polar surface area (TPSA) is 144 Å². The summed E-state index contributed by atoms with van der Waals surface area (Å²) in [5.74, 6) is -4.08. The number of halogens is 3. The van der Waals surface area contributed by atoms with Gasteiger partial charge in [0.2, 0.25) is 0 Å². The van der Waals surface area contributed by atoms with E-state index in [0.29, 0.717) is 6.07 Å². The van der Waals surface area contributed by atoms with Crippen LogP contribution in [0.2, 0.25) is 5.02 Å². The molecule has 3 aromatic carbocycles. The average Bonchev–Trinajstić information content (AvgIpc) is 2.80. The molecule has 0 saturated carbocycles. The van der Waals surface area contributed by atoms with Crippen molar-refractivity contribution < 1.29 is 28.2 Å². The number of carbonyl (C=O) groups is 2. The lowest BCUT2D eigenvalue weighted by Crippen LogP contribution is -2.31. The number of hydrogen-bond acceptors (Lipinski definition) is 6. The maximum absolute atomic E-state index is 14.0. The van der Waals surface area contributed by atoms with Crippen molar-refractivity contribution >= 4 is 46.6 Å². The summed E-state index contributed by atoms with van der Waals surface area (Å²) in [5, 5.41) is 26.3. The zero-order valence-corrected chi connectivity index (χ0v) is 18.1. The number of nitrogens with zero attached hydrogens (tertiary/aromatic N) is 2. The summed E-state index contributed by atoms with van der Waals surface area (Å²) in [5.41, 5.74) is -1.90. The van der Waals surface area contributed by atoms with E-state index >= 15 is 0 Å². The summed E-state index contributed by atoms with van der Waals surface area (Å²) in [4.78, 5) is 46.4. The van der Waals surface area contributed by atoms with Crippen molar-refractivity contribution in [2.24, 2.45) is 0 Å². The first-order valence-corrected chi connectivity index (χ1v) is 9.91. The molecule has 0 fully saturated rings. The number of nitrogens with one attached hydrogen (secondary N) is 2. The molecule has 0 spiro atoms. The summed E-state index contributed by atoms with van der Waals surface area (Å²) in [6.07, 6.45) is 1.06. The fourth-order valence-corrected chi connectivity index (χ4v) is 3.03. The normalized spacial score (nSPS) is 11.0. The molecule has 3 aromatic rings. The first-order valence-electron chi connectivity index (χ1n) is 9.53. The van der Waals surface area contributed by atoms with Crippen molar-refractivity contribution in [2.75, 3.05) is 5.32 Å². The number of hydrogen-bond donors (Lipinski definition) is 2. The zero-order chi connectivity index (χ0) is 25.7. The first kappa shape index (κ1) is 24.9. The number of non-ortho nitro benzene ring substituents is 2. The minimum atomic E-state index is -1.10. The number of benzene rings is 3. The van der Waals surface area contributed by atoms with Crippen LogP contribution in [0.3, 0.4) is 0 Å². The molecule has 0 unspecified atom stereocenters. The van der Waals surface area contributed by atoms with Gasteiger partial charge in [0.15, 0.2) is 0 Å².